The van der Waals surface area contributed by atoms with E-state index in [0.29, 0.717) is 5.56 Å². The highest BCUT2D eigenvalue weighted by Crippen LogP contribution is 2.31. The van der Waals surface area contributed by atoms with Gasteiger partial charge in [0.1, 0.15) is 11.8 Å². The molecule has 0 fully saturated rings. The average Bonchev–Trinajstić information content (AvgIpc) is 2.36. The first-order valence-electron chi connectivity index (χ1n) is 5.89. The van der Waals surface area contributed by atoms with Gasteiger partial charge in [0.25, 0.3) is 5.69 Å². The highest BCUT2D eigenvalue weighted by Gasteiger charge is 2.40. The first-order valence-corrected chi connectivity index (χ1v) is 5.89. The molecule has 0 saturated carbocycles. The maximum Gasteiger partial charge on any atom is 0.471 e. The molecule has 0 saturated heterocycles. The van der Waals surface area contributed by atoms with Crippen LogP contribution < -0.4 is 5.32 Å². The van der Waals surface area contributed by atoms with E-state index in [-0.39, 0.29) is 5.56 Å². The number of nitro groups is 1. The molecule has 1 aromatic rings. The number of amides is 1. The lowest BCUT2D eigenvalue weighted by Crippen LogP contribution is -2.30. The first kappa shape index (κ1) is 17.5. The molecule has 0 bridgehead atoms. The third-order valence-corrected chi connectivity index (χ3v) is 2.37. The zero-order chi connectivity index (χ0) is 17.1. The number of carbonyl (C=O) groups excluding carboxylic acids is 1. The number of aryl methyl sites for hydroxylation is 1. The van der Waals surface area contributed by atoms with Crippen molar-refractivity contribution in [2.24, 2.45) is 0 Å². The van der Waals surface area contributed by atoms with Crippen LogP contribution in [-0.4, -0.2) is 28.2 Å². The van der Waals surface area contributed by atoms with Gasteiger partial charge in [-0.2, -0.15) is 13.2 Å². The van der Waals surface area contributed by atoms with Crippen molar-refractivity contribution in [2.75, 3.05) is 5.32 Å². The molecule has 0 aliphatic carbocycles. The van der Waals surface area contributed by atoms with Crippen molar-refractivity contribution in [2.45, 2.75) is 26.1 Å². The number of aliphatic hydroxyl groups excluding tert-OH is 1. The molecule has 1 unspecified atom stereocenters. The molecule has 1 rings (SSSR count). The van der Waals surface area contributed by atoms with Crippen LogP contribution in [-0.2, 0) is 4.79 Å². The molecule has 22 heavy (non-hydrogen) atoms. The molecule has 0 aliphatic rings. The fourth-order valence-electron chi connectivity index (χ4n) is 1.51. The predicted molar refractivity (Wildman–Crippen MR) is 71.1 cm³/mol. The summed E-state index contributed by atoms with van der Waals surface area (Å²) in [5.74, 6) is 2.23. The Bertz CT molecular complexity index is 672. The van der Waals surface area contributed by atoms with E-state index >= 15 is 0 Å². The molecular weight excluding hydrogens is 305 g/mol. The number of hydrogen-bond donors (Lipinski definition) is 2. The summed E-state index contributed by atoms with van der Waals surface area (Å²) < 4.78 is 37.0. The minimum absolute atomic E-state index is 0.190. The highest BCUT2D eigenvalue weighted by molar-refractivity contribution is 5.98. The number of rotatable bonds is 2. The molecule has 0 aromatic heterocycles. The van der Waals surface area contributed by atoms with Crippen molar-refractivity contribution in [1.29, 1.82) is 0 Å². The van der Waals surface area contributed by atoms with Gasteiger partial charge < -0.3 is 10.4 Å². The van der Waals surface area contributed by atoms with Gasteiger partial charge in [-0.25, -0.2) is 0 Å². The zero-order valence-corrected chi connectivity index (χ0v) is 11.5. The molecular formula is C13H11F3N2O4. The van der Waals surface area contributed by atoms with Gasteiger partial charge in [-0.15, -0.1) is 0 Å². The Kier molecular flexibility index (Phi) is 5.11. The maximum absolute atomic E-state index is 12.3. The smallest absolute Gasteiger partial charge is 0.381 e. The van der Waals surface area contributed by atoms with Gasteiger partial charge in [0.15, 0.2) is 0 Å². The van der Waals surface area contributed by atoms with E-state index in [1.165, 1.54) is 25.2 Å². The Hall–Kier alpha value is -2.60. The molecule has 1 aromatic carbocycles. The lowest BCUT2D eigenvalue weighted by molar-refractivity contribution is -0.384. The van der Waals surface area contributed by atoms with E-state index in [1.54, 1.807) is 0 Å². The van der Waals surface area contributed by atoms with E-state index in [4.69, 9.17) is 5.11 Å². The first-order chi connectivity index (χ1) is 10.0. The van der Waals surface area contributed by atoms with Crippen LogP contribution in [0.2, 0.25) is 0 Å². The molecule has 0 radical (unpaired) electrons. The fraction of sp³-hybridized carbons (Fsp3) is 0.308. The summed E-state index contributed by atoms with van der Waals surface area (Å²) in [5.41, 5.74) is -1.20. The second-order valence-corrected chi connectivity index (χ2v) is 4.36. The van der Waals surface area contributed by atoms with E-state index in [9.17, 15) is 28.1 Å². The van der Waals surface area contributed by atoms with E-state index in [2.05, 4.69) is 11.8 Å². The van der Waals surface area contributed by atoms with Crippen molar-refractivity contribution < 1.29 is 28.0 Å². The SMILES string of the molecule is Cc1cc(C#CC(C)O)c(NC(=O)C(F)(F)F)c([N+](=O)[O-])c1. The number of halogens is 3. The Morgan fingerprint density at radius 1 is 1.45 bits per heavy atom. The van der Waals surface area contributed by atoms with Crippen LogP contribution in [0.1, 0.15) is 18.1 Å². The third kappa shape index (κ3) is 4.46. The summed E-state index contributed by atoms with van der Waals surface area (Å²) in [6, 6.07) is 2.29. The van der Waals surface area contributed by atoms with Crippen LogP contribution in [0.25, 0.3) is 0 Å². The fourth-order valence-corrected chi connectivity index (χ4v) is 1.51. The van der Waals surface area contributed by atoms with E-state index in [0.717, 1.165) is 6.07 Å². The molecule has 1 amide bonds. The van der Waals surface area contributed by atoms with Crippen molar-refractivity contribution in [3.8, 4) is 11.8 Å². The summed E-state index contributed by atoms with van der Waals surface area (Å²) in [6.07, 6.45) is -6.29. The zero-order valence-electron chi connectivity index (χ0n) is 11.5. The van der Waals surface area contributed by atoms with Gasteiger partial charge >= 0.3 is 12.1 Å². The second-order valence-electron chi connectivity index (χ2n) is 4.36. The number of aliphatic hydroxyl groups is 1. The van der Waals surface area contributed by atoms with Crippen LogP contribution in [0.15, 0.2) is 12.1 Å². The van der Waals surface area contributed by atoms with Gasteiger partial charge in [0.2, 0.25) is 0 Å². The van der Waals surface area contributed by atoms with Crippen LogP contribution in [0.5, 0.6) is 0 Å². The predicted octanol–water partition coefficient (Wildman–Crippen LogP) is 2.14. The minimum Gasteiger partial charge on any atom is -0.381 e. The number of nitro benzene ring substituents is 1. The molecule has 118 valence electrons. The van der Waals surface area contributed by atoms with Crippen molar-refractivity contribution in [3.63, 3.8) is 0 Å². The summed E-state index contributed by atoms with van der Waals surface area (Å²) in [7, 11) is 0. The van der Waals surface area contributed by atoms with Gasteiger partial charge in [-0.3, -0.25) is 14.9 Å². The largest absolute Gasteiger partial charge is 0.471 e. The molecule has 0 spiro atoms. The molecule has 9 heteroatoms. The second kappa shape index (κ2) is 6.44. The standard InChI is InChI=1S/C13H11F3N2O4/c1-7-5-9(4-3-8(2)19)11(10(6-7)18(21)22)17-12(20)13(14,15)16/h5-6,8,19H,1-2H3,(H,17,20). The van der Waals surface area contributed by atoms with Crippen LogP contribution in [0.4, 0.5) is 24.5 Å². The Labute approximate surface area is 123 Å². The minimum atomic E-state index is -5.20. The Morgan fingerprint density at radius 3 is 2.50 bits per heavy atom. The van der Waals surface area contributed by atoms with Crippen LogP contribution in [0, 0.1) is 28.9 Å². The van der Waals surface area contributed by atoms with E-state index < -0.39 is 34.5 Å². The van der Waals surface area contributed by atoms with Gasteiger partial charge in [0, 0.05) is 6.07 Å². The van der Waals surface area contributed by atoms with Crippen molar-refractivity contribution in [1.82, 2.24) is 0 Å². The molecule has 6 nitrogen and oxygen atoms in total. The van der Waals surface area contributed by atoms with Crippen molar-refractivity contribution in [3.05, 3.63) is 33.4 Å². The number of nitrogens with one attached hydrogen (secondary N) is 1. The van der Waals surface area contributed by atoms with Gasteiger partial charge in [-0.05, 0) is 25.5 Å². The molecule has 2 N–H and O–H groups in total. The summed E-state index contributed by atoms with van der Waals surface area (Å²) in [6.45, 7) is 2.79. The monoisotopic (exact) mass is 316 g/mol. The highest BCUT2D eigenvalue weighted by atomic mass is 19.4. The number of nitrogens with zero attached hydrogens (tertiary/aromatic N) is 1. The average molecular weight is 316 g/mol. The van der Waals surface area contributed by atoms with Crippen molar-refractivity contribution >= 4 is 17.3 Å². The molecule has 0 aliphatic heterocycles. The number of alkyl halides is 3. The third-order valence-electron chi connectivity index (χ3n) is 2.37. The Morgan fingerprint density at radius 2 is 2.05 bits per heavy atom. The number of benzene rings is 1. The maximum atomic E-state index is 12.3. The number of carbonyl (C=O) groups is 1. The number of hydrogen-bond acceptors (Lipinski definition) is 4. The lowest BCUT2D eigenvalue weighted by atomic mass is 10.1. The molecule has 1 atom stereocenters. The summed E-state index contributed by atoms with van der Waals surface area (Å²) >= 11 is 0. The molecule has 0 heterocycles. The van der Waals surface area contributed by atoms with Gasteiger partial charge in [0.05, 0.1) is 10.5 Å². The quantitative estimate of drug-likeness (QED) is 0.497. The lowest BCUT2D eigenvalue weighted by Gasteiger charge is -2.11. The van der Waals surface area contributed by atoms with Gasteiger partial charge in [-0.1, -0.05) is 11.8 Å². The normalized spacial score (nSPS) is 12.1. The topological polar surface area (TPSA) is 92.5 Å². The van der Waals surface area contributed by atoms with Crippen LogP contribution >= 0.6 is 0 Å². The summed E-state index contributed by atoms with van der Waals surface area (Å²) in [5, 5.41) is 21.5. The van der Waals surface area contributed by atoms with Crippen LogP contribution in [0.3, 0.4) is 0 Å². The summed E-state index contributed by atoms with van der Waals surface area (Å²) in [4.78, 5) is 21.1. The number of anilines is 1. The Balaban J connectivity index is 3.47. The van der Waals surface area contributed by atoms with E-state index in [1.807, 2.05) is 0 Å².